The second-order valence-electron chi connectivity index (χ2n) is 4.38. The third kappa shape index (κ3) is 3.51. The molecule has 1 heterocycles. The molecule has 86 valence electrons. The lowest BCUT2D eigenvalue weighted by molar-refractivity contribution is -0.143. The van der Waals surface area contributed by atoms with Crippen molar-refractivity contribution in [3.63, 3.8) is 0 Å². The zero-order valence-electron chi connectivity index (χ0n) is 9.12. The van der Waals surface area contributed by atoms with E-state index in [1.165, 1.54) is 0 Å². The summed E-state index contributed by atoms with van der Waals surface area (Å²) in [6, 6.07) is -0.752. The Morgan fingerprint density at radius 3 is 2.40 bits per heavy atom. The summed E-state index contributed by atoms with van der Waals surface area (Å²) in [5.74, 6) is -0.906. The van der Waals surface area contributed by atoms with Crippen LogP contribution in [0.5, 0.6) is 0 Å². The lowest BCUT2D eigenvalue weighted by Gasteiger charge is -2.27. The Balaban J connectivity index is 2.42. The van der Waals surface area contributed by atoms with Crippen molar-refractivity contribution in [1.82, 2.24) is 10.6 Å². The summed E-state index contributed by atoms with van der Waals surface area (Å²) in [6.45, 7) is 5.18. The van der Waals surface area contributed by atoms with Crippen LogP contribution in [0.4, 0.5) is 0 Å². The molecule has 0 bridgehead atoms. The number of carboxylic acids is 1. The second kappa shape index (κ2) is 5.11. The molecule has 3 N–H and O–H groups in total. The zero-order chi connectivity index (χ0) is 11.4. The maximum absolute atomic E-state index is 11.5. The van der Waals surface area contributed by atoms with Crippen LogP contribution in [0, 0.1) is 11.8 Å². The average molecular weight is 214 g/mol. The summed E-state index contributed by atoms with van der Waals surface area (Å²) in [5, 5.41) is 14.5. The van der Waals surface area contributed by atoms with E-state index in [0.29, 0.717) is 19.5 Å². The van der Waals surface area contributed by atoms with E-state index >= 15 is 0 Å². The first-order valence-corrected chi connectivity index (χ1v) is 5.24. The molecular formula is C10H18N2O3. The minimum Gasteiger partial charge on any atom is -0.480 e. The standard InChI is InChI=1S/C10H18N2O3/c1-6(2)3-8(10(14)15)12-9(13)7-4-11-5-7/h6-8,11H,3-5H2,1-2H3,(H,12,13)(H,14,15)/t8-/m0/s1. The van der Waals surface area contributed by atoms with Gasteiger partial charge in [-0.3, -0.25) is 4.79 Å². The van der Waals surface area contributed by atoms with Crippen molar-refractivity contribution >= 4 is 11.9 Å². The van der Waals surface area contributed by atoms with Crippen LogP contribution < -0.4 is 10.6 Å². The molecule has 1 rings (SSSR count). The Morgan fingerprint density at radius 2 is 2.07 bits per heavy atom. The van der Waals surface area contributed by atoms with Crippen LogP contribution in [0.2, 0.25) is 0 Å². The van der Waals surface area contributed by atoms with Gasteiger partial charge in [0.05, 0.1) is 5.92 Å². The van der Waals surface area contributed by atoms with Crippen LogP contribution in [0.15, 0.2) is 0 Å². The number of hydrogen-bond acceptors (Lipinski definition) is 3. The van der Waals surface area contributed by atoms with Crippen LogP contribution in [0.25, 0.3) is 0 Å². The van der Waals surface area contributed by atoms with Gasteiger partial charge in [-0.15, -0.1) is 0 Å². The minimum absolute atomic E-state index is 0.0565. The summed E-state index contributed by atoms with van der Waals surface area (Å²) in [7, 11) is 0. The fourth-order valence-corrected chi connectivity index (χ4v) is 1.46. The predicted molar refractivity (Wildman–Crippen MR) is 55.4 cm³/mol. The SMILES string of the molecule is CC(C)C[C@H](NC(=O)C1CNC1)C(=O)O. The summed E-state index contributed by atoms with van der Waals surface area (Å²) < 4.78 is 0. The van der Waals surface area contributed by atoms with Crippen molar-refractivity contribution in [3.05, 3.63) is 0 Å². The molecule has 15 heavy (non-hydrogen) atoms. The third-order valence-corrected chi connectivity index (χ3v) is 2.47. The van der Waals surface area contributed by atoms with E-state index in [1.54, 1.807) is 0 Å². The molecule has 0 aromatic carbocycles. The maximum atomic E-state index is 11.5. The van der Waals surface area contributed by atoms with E-state index in [9.17, 15) is 9.59 Å². The molecule has 5 heteroatoms. The Kier molecular flexibility index (Phi) is 4.08. The molecule has 0 aromatic rings. The van der Waals surface area contributed by atoms with E-state index in [0.717, 1.165) is 0 Å². The molecule has 5 nitrogen and oxygen atoms in total. The highest BCUT2D eigenvalue weighted by Crippen LogP contribution is 2.08. The first kappa shape index (κ1) is 12.0. The number of aliphatic carboxylic acids is 1. The van der Waals surface area contributed by atoms with E-state index in [1.807, 2.05) is 13.8 Å². The molecule has 1 fully saturated rings. The van der Waals surface area contributed by atoms with Gasteiger partial charge in [-0.1, -0.05) is 13.8 Å². The Bertz CT molecular complexity index is 249. The van der Waals surface area contributed by atoms with Gasteiger partial charge in [-0.05, 0) is 12.3 Å². The van der Waals surface area contributed by atoms with Gasteiger partial charge in [-0.2, -0.15) is 0 Å². The van der Waals surface area contributed by atoms with E-state index in [-0.39, 0.29) is 17.7 Å². The molecule has 1 atom stereocenters. The fourth-order valence-electron chi connectivity index (χ4n) is 1.46. The van der Waals surface area contributed by atoms with Gasteiger partial charge in [0.1, 0.15) is 6.04 Å². The van der Waals surface area contributed by atoms with Crippen molar-refractivity contribution in [2.24, 2.45) is 11.8 Å². The van der Waals surface area contributed by atoms with Crippen LogP contribution in [0.3, 0.4) is 0 Å². The van der Waals surface area contributed by atoms with Crippen LogP contribution in [0.1, 0.15) is 20.3 Å². The molecular weight excluding hydrogens is 196 g/mol. The smallest absolute Gasteiger partial charge is 0.326 e. The molecule has 1 saturated heterocycles. The maximum Gasteiger partial charge on any atom is 0.326 e. The number of carbonyl (C=O) groups excluding carboxylic acids is 1. The number of nitrogens with one attached hydrogen (secondary N) is 2. The number of hydrogen-bond donors (Lipinski definition) is 3. The molecule has 1 aliphatic rings. The van der Waals surface area contributed by atoms with E-state index in [2.05, 4.69) is 10.6 Å². The second-order valence-corrected chi connectivity index (χ2v) is 4.38. The predicted octanol–water partition coefficient (Wildman–Crippen LogP) is -0.179. The van der Waals surface area contributed by atoms with E-state index in [4.69, 9.17) is 5.11 Å². The molecule has 0 aliphatic carbocycles. The summed E-state index contributed by atoms with van der Waals surface area (Å²) >= 11 is 0. The quantitative estimate of drug-likeness (QED) is 0.593. The molecule has 1 aliphatic heterocycles. The van der Waals surface area contributed by atoms with Gasteiger partial charge in [0.2, 0.25) is 5.91 Å². The molecule has 1 amide bonds. The number of amides is 1. The van der Waals surface area contributed by atoms with Crippen LogP contribution >= 0.6 is 0 Å². The summed E-state index contributed by atoms with van der Waals surface area (Å²) in [5.41, 5.74) is 0. The first-order chi connectivity index (χ1) is 7.00. The lowest BCUT2D eigenvalue weighted by Crippen LogP contribution is -2.54. The third-order valence-electron chi connectivity index (χ3n) is 2.47. The van der Waals surface area contributed by atoms with Gasteiger partial charge in [0.25, 0.3) is 0 Å². The summed E-state index contributed by atoms with van der Waals surface area (Å²) in [4.78, 5) is 22.4. The van der Waals surface area contributed by atoms with Gasteiger partial charge >= 0.3 is 5.97 Å². The van der Waals surface area contributed by atoms with Crippen molar-refractivity contribution in [2.45, 2.75) is 26.3 Å². The lowest BCUT2D eigenvalue weighted by atomic mass is 10.00. The van der Waals surface area contributed by atoms with Crippen molar-refractivity contribution in [3.8, 4) is 0 Å². The van der Waals surface area contributed by atoms with Gasteiger partial charge < -0.3 is 15.7 Å². The molecule has 0 unspecified atom stereocenters. The number of rotatable bonds is 5. The van der Waals surface area contributed by atoms with Crippen LogP contribution in [-0.2, 0) is 9.59 Å². The normalized spacial score (nSPS) is 18.3. The minimum atomic E-state index is -0.954. The molecule has 0 aromatic heterocycles. The van der Waals surface area contributed by atoms with Crippen molar-refractivity contribution in [1.29, 1.82) is 0 Å². The molecule has 0 saturated carbocycles. The Morgan fingerprint density at radius 1 is 1.47 bits per heavy atom. The topological polar surface area (TPSA) is 78.4 Å². The Labute approximate surface area is 89.2 Å². The molecule has 0 spiro atoms. The average Bonchev–Trinajstić information content (AvgIpc) is 1.98. The van der Waals surface area contributed by atoms with Crippen molar-refractivity contribution < 1.29 is 14.7 Å². The zero-order valence-corrected chi connectivity index (χ0v) is 9.12. The van der Waals surface area contributed by atoms with Gasteiger partial charge in [0.15, 0.2) is 0 Å². The highest BCUT2D eigenvalue weighted by atomic mass is 16.4. The van der Waals surface area contributed by atoms with E-state index < -0.39 is 12.0 Å². The largest absolute Gasteiger partial charge is 0.480 e. The number of carbonyl (C=O) groups is 2. The number of carboxylic acid groups (broad SMARTS) is 1. The first-order valence-electron chi connectivity index (χ1n) is 5.24. The van der Waals surface area contributed by atoms with Crippen LogP contribution in [-0.4, -0.2) is 36.1 Å². The fraction of sp³-hybridized carbons (Fsp3) is 0.800. The van der Waals surface area contributed by atoms with Crippen molar-refractivity contribution in [2.75, 3.05) is 13.1 Å². The molecule has 0 radical (unpaired) electrons. The Hall–Kier alpha value is -1.10. The summed E-state index contributed by atoms with van der Waals surface area (Å²) in [6.07, 6.45) is 0.473. The highest BCUT2D eigenvalue weighted by molar-refractivity contribution is 5.85. The monoisotopic (exact) mass is 214 g/mol. The highest BCUT2D eigenvalue weighted by Gasteiger charge is 2.29. The van der Waals surface area contributed by atoms with Gasteiger partial charge in [-0.25, -0.2) is 4.79 Å². The van der Waals surface area contributed by atoms with Gasteiger partial charge in [0, 0.05) is 13.1 Å².